The zero-order valence-corrected chi connectivity index (χ0v) is 44.6. The van der Waals surface area contributed by atoms with E-state index in [-0.39, 0.29) is 23.9 Å². The molecule has 0 radical (unpaired) electrons. The molecular formula is C63H69N7O6. The summed E-state index contributed by atoms with van der Waals surface area (Å²) in [5.41, 5.74) is 14.6. The summed E-state index contributed by atoms with van der Waals surface area (Å²) in [7, 11) is 0. The van der Waals surface area contributed by atoms with Gasteiger partial charge in [-0.15, -0.1) is 20.5 Å². The maximum absolute atomic E-state index is 11.7. The number of aromatic hydroxyl groups is 2. The quantitative estimate of drug-likeness (QED) is 0.133. The third-order valence-corrected chi connectivity index (χ3v) is 16.5. The highest BCUT2D eigenvalue weighted by molar-refractivity contribution is 6.03. The van der Waals surface area contributed by atoms with Crippen LogP contribution < -0.4 is 10.1 Å². The number of benzene rings is 3. The van der Waals surface area contributed by atoms with Crippen molar-refractivity contribution in [2.24, 2.45) is 38.2 Å². The van der Waals surface area contributed by atoms with Gasteiger partial charge in [-0.2, -0.15) is 0 Å². The standard InChI is InChI=1S/C24H25N3O2.C23H24N4O2.C16H20O2/c1-14-8-10-18-22(28)21(13-20-17-11-9-15(2)25-24(17)27-26-20)29-23(18)19(14)12-16-6-4-3-5-7-16;1-13-3-5-17-21(28)20(12-19-16-6-4-14(2)25-23(16)27-26-19)29-22(17)18(13)11-15-7-9-24-10-8-15;1-11-7-8-13-15(17)10-18-16(13)14(11)9-12-5-3-2-4-6-12/h8-11,13,16,28H,3-7,12H2,1-2H3;3-6,12,15,24,28H,7-11H2,1-2H3;7-8,12H,2-6,9-10H2,1H3. The van der Waals surface area contributed by atoms with Crippen molar-refractivity contribution >= 4 is 62.9 Å². The molecule has 8 heterocycles. The fourth-order valence-corrected chi connectivity index (χ4v) is 12.1. The van der Waals surface area contributed by atoms with Crippen LogP contribution in [0.25, 0.3) is 45.5 Å². The lowest BCUT2D eigenvalue weighted by Crippen LogP contribution is -2.28. The topological polar surface area (TPSA) is 180 Å². The zero-order valence-electron chi connectivity index (χ0n) is 44.6. The molecule has 3 fully saturated rings. The van der Waals surface area contributed by atoms with Crippen molar-refractivity contribution in [3.63, 3.8) is 0 Å². The molecule has 1 saturated heterocycles. The van der Waals surface area contributed by atoms with Crippen LogP contribution in [0.15, 0.2) is 90.0 Å². The Morgan fingerprint density at radius 3 is 1.46 bits per heavy atom. The third kappa shape index (κ3) is 10.6. The first kappa shape index (κ1) is 50.9. The molecule has 76 heavy (non-hydrogen) atoms. The van der Waals surface area contributed by atoms with Crippen molar-refractivity contribution in [2.75, 3.05) is 19.7 Å². The first-order chi connectivity index (χ1) is 36.9. The first-order valence-electron chi connectivity index (χ1n) is 27.7. The number of pyridine rings is 2. The molecule has 0 spiro atoms. The van der Waals surface area contributed by atoms with E-state index in [2.05, 4.69) is 74.7 Å². The van der Waals surface area contributed by atoms with Gasteiger partial charge < -0.3 is 29.1 Å². The molecule has 0 amide bonds. The van der Waals surface area contributed by atoms with E-state index >= 15 is 0 Å². The predicted molar refractivity (Wildman–Crippen MR) is 299 cm³/mol. The molecule has 13 heteroatoms. The minimum Gasteiger partial charge on any atom is -0.504 e. The highest BCUT2D eigenvalue weighted by Crippen LogP contribution is 2.44. The van der Waals surface area contributed by atoms with Gasteiger partial charge in [0.2, 0.25) is 5.78 Å². The van der Waals surface area contributed by atoms with Gasteiger partial charge in [0.15, 0.2) is 41.3 Å². The van der Waals surface area contributed by atoms with Gasteiger partial charge in [-0.1, -0.05) is 82.4 Å². The smallest absolute Gasteiger partial charge is 0.203 e. The fourth-order valence-electron chi connectivity index (χ4n) is 12.1. The van der Waals surface area contributed by atoms with Crippen molar-refractivity contribution < 1.29 is 28.6 Å². The molecule has 392 valence electrons. The maximum Gasteiger partial charge on any atom is 0.203 e. The molecule has 7 aromatic rings. The summed E-state index contributed by atoms with van der Waals surface area (Å²) >= 11 is 0. The van der Waals surface area contributed by atoms with Gasteiger partial charge in [0, 0.05) is 34.7 Å². The third-order valence-electron chi connectivity index (χ3n) is 16.5. The van der Waals surface area contributed by atoms with E-state index in [1.165, 1.54) is 110 Å². The number of ketones is 1. The number of furan rings is 2. The number of piperidine rings is 1. The van der Waals surface area contributed by atoms with Crippen molar-refractivity contribution in [1.29, 1.82) is 0 Å². The molecule has 0 bridgehead atoms. The highest BCUT2D eigenvalue weighted by atomic mass is 16.5. The number of rotatable bonds is 8. The second-order valence-electron chi connectivity index (χ2n) is 22.0. The summed E-state index contributed by atoms with van der Waals surface area (Å²) in [6.07, 6.45) is 22.2. The number of nitrogens with one attached hydrogen (secondary N) is 1. The van der Waals surface area contributed by atoms with E-state index in [0.29, 0.717) is 46.4 Å². The molecule has 3 aromatic carbocycles. The van der Waals surface area contributed by atoms with Crippen LogP contribution in [0.1, 0.15) is 155 Å². The first-order valence-corrected chi connectivity index (χ1v) is 27.7. The number of carbonyl (C=O) groups excluding carboxylic acids is 1. The second kappa shape index (κ2) is 22.1. The number of nitrogens with zero attached hydrogens (tertiary/aromatic N) is 6. The van der Waals surface area contributed by atoms with Crippen LogP contribution in [0.5, 0.6) is 17.2 Å². The van der Waals surface area contributed by atoms with Crippen molar-refractivity contribution in [3.8, 4) is 17.2 Å². The van der Waals surface area contributed by atoms with Crippen LogP contribution in [-0.2, 0) is 19.3 Å². The number of azo groups is 2. The highest BCUT2D eigenvalue weighted by Gasteiger charge is 2.28. The molecule has 4 aromatic heterocycles. The summed E-state index contributed by atoms with van der Waals surface area (Å²) in [4.78, 5) is 20.5. The lowest BCUT2D eigenvalue weighted by Gasteiger charge is -2.23. The van der Waals surface area contributed by atoms with Gasteiger partial charge in [0.25, 0.3) is 0 Å². The largest absolute Gasteiger partial charge is 0.504 e. The van der Waals surface area contributed by atoms with Crippen molar-refractivity contribution in [2.45, 2.75) is 131 Å². The molecule has 13 rings (SSSR count). The Kier molecular flexibility index (Phi) is 14.8. The molecule has 2 aliphatic carbocycles. The zero-order chi connectivity index (χ0) is 52.5. The monoisotopic (exact) mass is 1020 g/mol. The number of aryl methyl sites for hydroxylation is 5. The number of Topliss-reactive ketones (excluding diaryl/α,β-unsaturated/α-hetero) is 1. The number of carbonyl (C=O) groups is 1. The lowest BCUT2D eigenvalue weighted by molar-refractivity contribution is 0.0961. The van der Waals surface area contributed by atoms with E-state index in [9.17, 15) is 15.0 Å². The SMILES string of the molecule is Cc1ccc2c(c1CC1CCCCC1)OCC2=O.Cc1ccc2c(n1)N=NC2=Cc1oc2c(CC3CCCCC3)c(C)ccc2c1O.Cc1ccc2c(n1)N=NC2=Cc1oc2c(CC3CCNCC3)c(C)ccc2c1O. The number of hydrogen-bond acceptors (Lipinski definition) is 13. The molecule has 3 N–H and O–H groups in total. The summed E-state index contributed by atoms with van der Waals surface area (Å²) in [5.74, 6) is 5.52. The van der Waals surface area contributed by atoms with Crippen LogP contribution in [-0.4, -0.2) is 45.7 Å². The Morgan fingerprint density at radius 2 is 0.961 bits per heavy atom. The van der Waals surface area contributed by atoms with Gasteiger partial charge in [0.05, 0.1) is 16.3 Å². The van der Waals surface area contributed by atoms with Crippen LogP contribution in [0.3, 0.4) is 0 Å². The fraction of sp³-hybridized carbons (Fsp3) is 0.413. The van der Waals surface area contributed by atoms with Crippen LogP contribution in [0.4, 0.5) is 11.6 Å². The van der Waals surface area contributed by atoms with Gasteiger partial charge in [-0.05, 0) is 173 Å². The van der Waals surface area contributed by atoms with Gasteiger partial charge >= 0.3 is 0 Å². The van der Waals surface area contributed by atoms with E-state index in [1.807, 2.05) is 56.3 Å². The molecule has 6 aliphatic rings. The Morgan fingerprint density at radius 1 is 0.526 bits per heavy atom. The maximum atomic E-state index is 11.7. The number of aromatic nitrogens is 2. The van der Waals surface area contributed by atoms with Gasteiger partial charge in [-0.3, -0.25) is 4.79 Å². The van der Waals surface area contributed by atoms with Crippen LogP contribution in [0.2, 0.25) is 0 Å². The number of hydrogen-bond donors (Lipinski definition) is 3. The lowest BCUT2D eigenvalue weighted by atomic mass is 9.83. The van der Waals surface area contributed by atoms with E-state index in [0.717, 1.165) is 94.0 Å². The normalized spacial score (nSPS) is 18.5. The van der Waals surface area contributed by atoms with Gasteiger partial charge in [0.1, 0.15) is 28.3 Å². The average Bonchev–Trinajstić information content (AvgIpc) is 4.32. The Bertz CT molecular complexity index is 3290. The van der Waals surface area contributed by atoms with Crippen molar-refractivity contribution in [1.82, 2.24) is 15.3 Å². The summed E-state index contributed by atoms with van der Waals surface area (Å²) in [6, 6.07) is 19.8. The van der Waals surface area contributed by atoms with E-state index < -0.39 is 0 Å². The average molecular weight is 1020 g/mol. The second-order valence-corrected chi connectivity index (χ2v) is 22.0. The van der Waals surface area contributed by atoms with E-state index in [1.54, 1.807) is 12.2 Å². The predicted octanol–water partition coefficient (Wildman–Crippen LogP) is 15.8. The minimum atomic E-state index is 0.134. The molecule has 2 saturated carbocycles. The molecule has 0 atom stereocenters. The van der Waals surface area contributed by atoms with Crippen LogP contribution >= 0.6 is 0 Å². The number of ether oxygens (including phenoxy) is 1. The molecule has 13 nitrogen and oxygen atoms in total. The molecular weight excluding hydrogens is 951 g/mol. The summed E-state index contributed by atoms with van der Waals surface area (Å²) in [5, 5.41) is 43.4. The van der Waals surface area contributed by atoms with Gasteiger partial charge in [-0.25, -0.2) is 9.97 Å². The Labute approximate surface area is 444 Å². The number of fused-ring (bicyclic) bond motifs is 5. The Balaban J connectivity index is 0.000000125. The molecule has 4 aliphatic heterocycles. The van der Waals surface area contributed by atoms with Crippen molar-refractivity contribution in [3.05, 3.63) is 134 Å². The van der Waals surface area contributed by atoms with E-state index in [4.69, 9.17) is 13.6 Å². The summed E-state index contributed by atoms with van der Waals surface area (Å²) in [6.45, 7) is 12.6. The minimum absolute atomic E-state index is 0.134. The summed E-state index contributed by atoms with van der Waals surface area (Å²) < 4.78 is 18.0. The van der Waals surface area contributed by atoms with Crippen LogP contribution in [0, 0.1) is 52.4 Å². The molecule has 0 unspecified atom stereocenters. The Hall–Kier alpha value is -7.25.